The first-order valence-corrected chi connectivity index (χ1v) is 14.7. The molecule has 0 N–H and O–H groups in total. The monoisotopic (exact) mass is 556 g/mol. The molecule has 8 nitrogen and oxygen atoms in total. The number of carbonyl (C=O) groups excluding carboxylic acids is 1. The maximum Gasteiger partial charge on any atom is 0.280 e. The van der Waals surface area contributed by atoms with Gasteiger partial charge in [-0.05, 0) is 67.4 Å². The Balaban J connectivity index is 1.64. The summed E-state index contributed by atoms with van der Waals surface area (Å²) in [5, 5.41) is 5.63. The Morgan fingerprint density at radius 3 is 2.42 bits per heavy atom. The van der Waals surface area contributed by atoms with E-state index in [1.54, 1.807) is 12.1 Å². The van der Waals surface area contributed by atoms with E-state index in [0.717, 1.165) is 42.0 Å². The van der Waals surface area contributed by atoms with Crippen LogP contribution in [-0.4, -0.2) is 42.9 Å². The van der Waals surface area contributed by atoms with Gasteiger partial charge in [-0.1, -0.05) is 38.0 Å². The summed E-state index contributed by atoms with van der Waals surface area (Å²) in [4.78, 5) is 18.1. The Morgan fingerprint density at radius 1 is 1.08 bits per heavy atom. The van der Waals surface area contributed by atoms with Crippen LogP contribution in [0.5, 0.6) is 0 Å². The van der Waals surface area contributed by atoms with Gasteiger partial charge in [0.15, 0.2) is 0 Å². The Bertz CT molecular complexity index is 1490. The smallest absolute Gasteiger partial charge is 0.280 e. The molecule has 2 aromatic carbocycles. The molecule has 0 radical (unpaired) electrons. The lowest BCUT2D eigenvalue weighted by atomic mass is 10.2. The van der Waals surface area contributed by atoms with Crippen LogP contribution in [0.25, 0.3) is 10.2 Å². The first-order chi connectivity index (χ1) is 18.3. The minimum Gasteiger partial charge on any atom is -0.463 e. The molecule has 0 aliphatic heterocycles. The molecule has 0 saturated carbocycles. The molecule has 0 saturated heterocycles. The van der Waals surface area contributed by atoms with E-state index in [1.165, 1.54) is 59.2 Å². The molecule has 4 rings (SSSR count). The summed E-state index contributed by atoms with van der Waals surface area (Å²) in [6.45, 7) is 4.94. The molecule has 2 aromatic heterocycles. The zero-order chi connectivity index (χ0) is 27.1. The van der Waals surface area contributed by atoms with Crippen LogP contribution in [0.3, 0.4) is 0 Å². The number of hydrogen-bond acceptors (Lipinski definition) is 7. The van der Waals surface area contributed by atoms with E-state index in [9.17, 15) is 17.6 Å². The van der Waals surface area contributed by atoms with Crippen molar-refractivity contribution in [3.8, 4) is 0 Å². The average molecular weight is 557 g/mol. The molecule has 0 fully saturated rings. The second-order valence-corrected chi connectivity index (χ2v) is 11.6. The van der Waals surface area contributed by atoms with Crippen LogP contribution in [-0.2, 0) is 10.0 Å². The highest BCUT2D eigenvalue weighted by Crippen LogP contribution is 2.31. The van der Waals surface area contributed by atoms with Gasteiger partial charge in [0, 0.05) is 18.7 Å². The highest BCUT2D eigenvalue weighted by atomic mass is 32.2. The van der Waals surface area contributed by atoms with Crippen molar-refractivity contribution in [1.82, 2.24) is 9.29 Å². The fourth-order valence-electron chi connectivity index (χ4n) is 3.71. The van der Waals surface area contributed by atoms with Gasteiger partial charge in [0.25, 0.3) is 5.91 Å². The minimum absolute atomic E-state index is 0.127. The number of benzene rings is 2. The van der Waals surface area contributed by atoms with Gasteiger partial charge in [-0.3, -0.25) is 4.79 Å². The van der Waals surface area contributed by atoms with Crippen molar-refractivity contribution < 1.29 is 22.0 Å². The summed E-state index contributed by atoms with van der Waals surface area (Å²) in [5.41, 5.74) is 0.748. The van der Waals surface area contributed by atoms with E-state index < -0.39 is 21.7 Å². The lowest BCUT2D eigenvalue weighted by molar-refractivity contribution is 0.0987. The highest BCUT2D eigenvalue weighted by molar-refractivity contribution is 7.89. The Morgan fingerprint density at radius 2 is 1.79 bits per heavy atom. The molecule has 0 aliphatic rings. The van der Waals surface area contributed by atoms with E-state index in [1.807, 2.05) is 13.8 Å². The van der Waals surface area contributed by atoms with Crippen LogP contribution in [0.2, 0.25) is 0 Å². The standard InChI is InChI=1S/C27H29FN4O4S2/c1-3-5-15-31(16-6-4-2)38(34,35)23-12-9-20(10-13-23)26(33)32(29-19-22-8-7-17-36-22)27-30-24-14-11-21(28)18-25(24)37-27/h7-14,17-19H,3-6,15-16H2,1-2H3/b29-19+. The predicted molar refractivity (Wildman–Crippen MR) is 148 cm³/mol. The molecule has 200 valence electrons. The largest absolute Gasteiger partial charge is 0.463 e. The van der Waals surface area contributed by atoms with Crippen LogP contribution in [0.1, 0.15) is 55.6 Å². The molecule has 0 bridgehead atoms. The van der Waals surface area contributed by atoms with Gasteiger partial charge in [0.2, 0.25) is 15.2 Å². The molecule has 0 aliphatic carbocycles. The van der Waals surface area contributed by atoms with Gasteiger partial charge >= 0.3 is 0 Å². The summed E-state index contributed by atoms with van der Waals surface area (Å²) in [6, 6.07) is 13.4. The van der Waals surface area contributed by atoms with E-state index in [0.29, 0.717) is 29.1 Å². The number of hydrogen-bond donors (Lipinski definition) is 0. The maximum atomic E-state index is 13.7. The number of furan rings is 1. The number of sulfonamides is 1. The number of amides is 1. The van der Waals surface area contributed by atoms with E-state index in [-0.39, 0.29) is 15.6 Å². The number of hydrazone groups is 1. The third-order valence-corrected chi connectivity index (χ3v) is 8.72. The molecular weight excluding hydrogens is 527 g/mol. The third-order valence-electron chi connectivity index (χ3n) is 5.82. The van der Waals surface area contributed by atoms with Crippen LogP contribution < -0.4 is 5.01 Å². The number of rotatable bonds is 12. The topological polar surface area (TPSA) is 96.1 Å². The number of anilines is 1. The van der Waals surface area contributed by atoms with Gasteiger partial charge in [-0.15, -0.1) is 0 Å². The predicted octanol–water partition coefficient (Wildman–Crippen LogP) is 6.30. The minimum atomic E-state index is -3.70. The van der Waals surface area contributed by atoms with Gasteiger partial charge in [-0.25, -0.2) is 17.8 Å². The van der Waals surface area contributed by atoms with Gasteiger partial charge in [0.1, 0.15) is 11.6 Å². The molecule has 4 aromatic rings. The van der Waals surface area contributed by atoms with Crippen molar-refractivity contribution in [2.24, 2.45) is 5.10 Å². The van der Waals surface area contributed by atoms with Gasteiger partial charge in [-0.2, -0.15) is 14.4 Å². The number of thiazole rings is 1. The molecule has 38 heavy (non-hydrogen) atoms. The molecule has 2 heterocycles. The zero-order valence-corrected chi connectivity index (χ0v) is 22.8. The Hall–Kier alpha value is -3.41. The summed E-state index contributed by atoms with van der Waals surface area (Å²) >= 11 is 1.11. The van der Waals surface area contributed by atoms with Crippen LogP contribution in [0, 0.1) is 5.82 Å². The number of fused-ring (bicyclic) bond motifs is 1. The third kappa shape index (κ3) is 6.35. The van der Waals surface area contributed by atoms with Crippen molar-refractivity contribution in [2.75, 3.05) is 18.1 Å². The summed E-state index contributed by atoms with van der Waals surface area (Å²) < 4.78 is 47.7. The Kier molecular flexibility index (Phi) is 9.03. The normalized spacial score (nSPS) is 12.1. The van der Waals surface area contributed by atoms with Crippen LogP contribution in [0.4, 0.5) is 9.52 Å². The quantitative estimate of drug-likeness (QED) is 0.151. The number of carbonyl (C=O) groups is 1. The fraction of sp³-hybridized carbons (Fsp3) is 0.296. The number of nitrogens with zero attached hydrogens (tertiary/aromatic N) is 4. The van der Waals surface area contributed by atoms with Crippen LogP contribution >= 0.6 is 11.3 Å². The molecule has 0 atom stereocenters. The summed E-state index contributed by atoms with van der Waals surface area (Å²) in [7, 11) is -3.70. The van der Waals surface area contributed by atoms with Crippen molar-refractivity contribution in [3.05, 3.63) is 78.0 Å². The van der Waals surface area contributed by atoms with Crippen molar-refractivity contribution in [2.45, 2.75) is 44.4 Å². The van der Waals surface area contributed by atoms with Crippen molar-refractivity contribution in [3.63, 3.8) is 0 Å². The highest BCUT2D eigenvalue weighted by Gasteiger charge is 2.26. The number of unbranched alkanes of at least 4 members (excludes halogenated alkanes) is 2. The first kappa shape index (κ1) is 27.6. The number of aromatic nitrogens is 1. The Labute approximate surface area is 225 Å². The lowest BCUT2D eigenvalue weighted by Gasteiger charge is -2.22. The fourth-order valence-corrected chi connectivity index (χ4v) is 6.17. The molecular formula is C27H29FN4O4S2. The number of halogens is 1. The van der Waals surface area contributed by atoms with Gasteiger partial charge < -0.3 is 4.42 Å². The molecule has 11 heteroatoms. The van der Waals surface area contributed by atoms with E-state index >= 15 is 0 Å². The van der Waals surface area contributed by atoms with Gasteiger partial charge in [0.05, 0.1) is 27.6 Å². The average Bonchev–Trinajstić information content (AvgIpc) is 3.58. The molecule has 0 unspecified atom stereocenters. The molecule has 0 spiro atoms. The summed E-state index contributed by atoms with van der Waals surface area (Å²) in [6.07, 6.45) is 6.18. The van der Waals surface area contributed by atoms with Crippen molar-refractivity contribution in [1.29, 1.82) is 0 Å². The second-order valence-electron chi connectivity index (χ2n) is 8.62. The zero-order valence-electron chi connectivity index (χ0n) is 21.2. The lowest BCUT2D eigenvalue weighted by Crippen LogP contribution is -2.33. The second kappa shape index (κ2) is 12.4. The summed E-state index contributed by atoms with van der Waals surface area (Å²) in [5.74, 6) is -0.505. The SMILES string of the molecule is CCCCN(CCCC)S(=O)(=O)c1ccc(C(=O)N(/N=C/c2ccco2)c2nc3ccc(F)cc3s2)cc1. The van der Waals surface area contributed by atoms with Crippen molar-refractivity contribution >= 4 is 48.8 Å². The van der Waals surface area contributed by atoms with E-state index in [4.69, 9.17) is 4.42 Å². The molecule has 1 amide bonds. The van der Waals surface area contributed by atoms with E-state index in [2.05, 4.69) is 10.1 Å². The first-order valence-electron chi connectivity index (χ1n) is 12.4. The maximum absolute atomic E-state index is 13.7. The van der Waals surface area contributed by atoms with Crippen LogP contribution in [0.15, 0.2) is 75.3 Å².